The lowest BCUT2D eigenvalue weighted by molar-refractivity contribution is -0.136. The van der Waals surface area contributed by atoms with Crippen LogP contribution in [-0.2, 0) is 9.53 Å². The second kappa shape index (κ2) is 7.60. The Morgan fingerprint density at radius 2 is 1.86 bits per heavy atom. The van der Waals surface area contributed by atoms with Gasteiger partial charge in [-0.2, -0.15) is 0 Å². The Bertz CT molecular complexity index is 204. The Morgan fingerprint density at radius 1 is 1.21 bits per heavy atom. The zero-order chi connectivity index (χ0) is 11.0. The van der Waals surface area contributed by atoms with Gasteiger partial charge in [0.2, 0.25) is 0 Å². The summed E-state index contributed by atoms with van der Waals surface area (Å²) in [5, 5.41) is 0. The number of hydrogen-bond acceptors (Lipinski definition) is 2. The molecule has 0 fully saturated rings. The maximum absolute atomic E-state index is 11.3. The van der Waals surface area contributed by atoms with Gasteiger partial charge in [0.15, 0.2) is 0 Å². The summed E-state index contributed by atoms with van der Waals surface area (Å²) in [6, 6.07) is 0. The van der Waals surface area contributed by atoms with Gasteiger partial charge in [-0.15, -0.1) is 0 Å². The minimum absolute atomic E-state index is 0.165. The van der Waals surface area contributed by atoms with Crippen LogP contribution < -0.4 is 0 Å². The molecule has 0 atom stereocenters. The third-order valence-corrected chi connectivity index (χ3v) is 2.46. The van der Waals surface area contributed by atoms with Crippen LogP contribution in [0, 0.1) is 0 Å². The fourth-order valence-electron chi connectivity index (χ4n) is 1.53. The van der Waals surface area contributed by atoms with Crippen molar-refractivity contribution in [3.05, 3.63) is 11.1 Å². The van der Waals surface area contributed by atoms with E-state index < -0.39 is 0 Å². The molecule has 0 rings (SSSR count). The summed E-state index contributed by atoms with van der Waals surface area (Å²) < 4.78 is 4.73. The average molecular weight is 198 g/mol. The molecule has 82 valence electrons. The third-order valence-electron chi connectivity index (χ3n) is 2.46. The first-order valence-electron chi connectivity index (χ1n) is 5.44. The quantitative estimate of drug-likeness (QED) is 0.371. The van der Waals surface area contributed by atoms with Crippen molar-refractivity contribution >= 4 is 5.97 Å². The van der Waals surface area contributed by atoms with E-state index in [1.807, 2.05) is 13.8 Å². The maximum Gasteiger partial charge on any atom is 0.333 e. The normalized spacial score (nSPS) is 12.3. The predicted molar refractivity (Wildman–Crippen MR) is 59.1 cm³/mol. The molecule has 0 radical (unpaired) electrons. The maximum atomic E-state index is 11.3. The van der Waals surface area contributed by atoms with Gasteiger partial charge in [0.05, 0.1) is 7.11 Å². The first-order valence-corrected chi connectivity index (χ1v) is 5.44. The smallest absolute Gasteiger partial charge is 0.333 e. The molecule has 0 N–H and O–H groups in total. The van der Waals surface area contributed by atoms with Gasteiger partial charge in [0.25, 0.3) is 0 Å². The van der Waals surface area contributed by atoms with Crippen molar-refractivity contribution in [3.8, 4) is 0 Å². The molecule has 14 heavy (non-hydrogen) atoms. The van der Waals surface area contributed by atoms with Gasteiger partial charge < -0.3 is 4.74 Å². The van der Waals surface area contributed by atoms with E-state index in [0.29, 0.717) is 0 Å². The molecule has 0 heterocycles. The molecule has 0 unspecified atom stereocenters. The monoisotopic (exact) mass is 198 g/mol. The van der Waals surface area contributed by atoms with Gasteiger partial charge >= 0.3 is 5.97 Å². The van der Waals surface area contributed by atoms with Crippen molar-refractivity contribution in [2.45, 2.75) is 52.9 Å². The van der Waals surface area contributed by atoms with Crippen LogP contribution in [0.2, 0.25) is 0 Å². The standard InChI is InChI=1S/C12H22O2/c1-5-7-8-9-10(3)11(6-2)12(13)14-4/h5-9H2,1-4H3. The molecule has 2 heteroatoms. The lowest BCUT2D eigenvalue weighted by Crippen LogP contribution is -2.06. The number of unbranched alkanes of at least 4 members (excludes halogenated alkanes) is 2. The number of methoxy groups -OCH3 is 1. The number of ether oxygens (including phenoxy) is 1. The zero-order valence-electron chi connectivity index (χ0n) is 9.85. The largest absolute Gasteiger partial charge is 0.466 e. The summed E-state index contributed by atoms with van der Waals surface area (Å²) in [7, 11) is 1.44. The molecule has 0 aliphatic heterocycles. The highest BCUT2D eigenvalue weighted by molar-refractivity contribution is 5.89. The van der Waals surface area contributed by atoms with E-state index in [1.54, 1.807) is 0 Å². The van der Waals surface area contributed by atoms with Gasteiger partial charge in [-0.1, -0.05) is 32.3 Å². The number of esters is 1. The lowest BCUT2D eigenvalue weighted by Gasteiger charge is -2.08. The van der Waals surface area contributed by atoms with Crippen molar-refractivity contribution < 1.29 is 9.53 Å². The highest BCUT2D eigenvalue weighted by Gasteiger charge is 2.10. The summed E-state index contributed by atoms with van der Waals surface area (Å²) in [6.45, 7) is 6.21. The molecule has 0 amide bonds. The fourth-order valence-corrected chi connectivity index (χ4v) is 1.53. The Balaban J connectivity index is 4.27. The highest BCUT2D eigenvalue weighted by Crippen LogP contribution is 2.16. The average Bonchev–Trinajstić information content (AvgIpc) is 2.19. The van der Waals surface area contributed by atoms with Crippen molar-refractivity contribution in [2.24, 2.45) is 0 Å². The first-order chi connectivity index (χ1) is 6.67. The summed E-state index contributed by atoms with van der Waals surface area (Å²) in [4.78, 5) is 11.3. The van der Waals surface area contributed by atoms with Crippen LogP contribution in [0.15, 0.2) is 11.1 Å². The van der Waals surface area contributed by atoms with Crippen LogP contribution in [0.3, 0.4) is 0 Å². The van der Waals surface area contributed by atoms with Gasteiger partial charge in [-0.25, -0.2) is 4.79 Å². The number of hydrogen-bond donors (Lipinski definition) is 0. The Morgan fingerprint density at radius 3 is 2.29 bits per heavy atom. The number of rotatable bonds is 6. The second-order valence-corrected chi connectivity index (χ2v) is 3.56. The molecule has 0 aromatic rings. The molecule has 0 aromatic carbocycles. The SMILES string of the molecule is CCCCCC(C)=C(CC)C(=O)OC. The van der Waals surface area contributed by atoms with Crippen molar-refractivity contribution in [3.63, 3.8) is 0 Å². The van der Waals surface area contributed by atoms with Gasteiger partial charge in [0.1, 0.15) is 0 Å². The molecule has 0 saturated carbocycles. The minimum Gasteiger partial charge on any atom is -0.466 e. The van der Waals surface area contributed by atoms with Gasteiger partial charge in [0, 0.05) is 5.57 Å². The van der Waals surface area contributed by atoms with E-state index in [-0.39, 0.29) is 5.97 Å². The topological polar surface area (TPSA) is 26.3 Å². The molecule has 0 spiro atoms. The van der Waals surface area contributed by atoms with Crippen LogP contribution in [0.4, 0.5) is 0 Å². The third kappa shape index (κ3) is 4.45. The molecule has 0 saturated heterocycles. The Labute approximate surface area is 87.3 Å². The highest BCUT2D eigenvalue weighted by atomic mass is 16.5. The van der Waals surface area contributed by atoms with Crippen LogP contribution in [0.5, 0.6) is 0 Å². The van der Waals surface area contributed by atoms with E-state index in [0.717, 1.165) is 18.4 Å². The van der Waals surface area contributed by atoms with E-state index in [4.69, 9.17) is 4.74 Å². The van der Waals surface area contributed by atoms with Crippen molar-refractivity contribution in [1.29, 1.82) is 0 Å². The van der Waals surface area contributed by atoms with Crippen LogP contribution in [-0.4, -0.2) is 13.1 Å². The van der Waals surface area contributed by atoms with Crippen LogP contribution in [0.1, 0.15) is 52.9 Å². The fraction of sp³-hybridized carbons (Fsp3) is 0.750. The first kappa shape index (κ1) is 13.2. The number of carbonyl (C=O) groups is 1. The predicted octanol–water partition coefficient (Wildman–Crippen LogP) is 3.47. The zero-order valence-corrected chi connectivity index (χ0v) is 9.85. The van der Waals surface area contributed by atoms with Crippen LogP contribution >= 0.6 is 0 Å². The number of carbonyl (C=O) groups excluding carboxylic acids is 1. The molecule has 0 aliphatic carbocycles. The Hall–Kier alpha value is -0.790. The Kier molecular flexibility index (Phi) is 7.17. The molecular weight excluding hydrogens is 176 g/mol. The molecular formula is C12H22O2. The lowest BCUT2D eigenvalue weighted by atomic mass is 10.0. The molecule has 0 bridgehead atoms. The van der Waals surface area contributed by atoms with E-state index in [9.17, 15) is 4.79 Å². The second-order valence-electron chi connectivity index (χ2n) is 3.56. The molecule has 0 aromatic heterocycles. The molecule has 0 aliphatic rings. The van der Waals surface area contributed by atoms with E-state index >= 15 is 0 Å². The van der Waals surface area contributed by atoms with Gasteiger partial charge in [-0.3, -0.25) is 0 Å². The summed E-state index contributed by atoms with van der Waals surface area (Å²) in [6.07, 6.45) is 5.40. The summed E-state index contributed by atoms with van der Waals surface area (Å²) in [5.41, 5.74) is 2.04. The summed E-state index contributed by atoms with van der Waals surface area (Å²) >= 11 is 0. The van der Waals surface area contributed by atoms with Crippen molar-refractivity contribution in [2.75, 3.05) is 7.11 Å². The number of allylic oxidation sites excluding steroid dienone is 1. The van der Waals surface area contributed by atoms with Gasteiger partial charge in [-0.05, 0) is 26.2 Å². The summed E-state index contributed by atoms with van der Waals surface area (Å²) in [5.74, 6) is -0.165. The molecule has 2 nitrogen and oxygen atoms in total. The minimum atomic E-state index is -0.165. The van der Waals surface area contributed by atoms with E-state index in [1.165, 1.54) is 31.9 Å². The van der Waals surface area contributed by atoms with Crippen LogP contribution in [0.25, 0.3) is 0 Å². The van der Waals surface area contributed by atoms with Crippen molar-refractivity contribution in [1.82, 2.24) is 0 Å². The van der Waals surface area contributed by atoms with E-state index in [2.05, 4.69) is 6.92 Å².